The predicted octanol–water partition coefficient (Wildman–Crippen LogP) is 22.0. The summed E-state index contributed by atoms with van der Waals surface area (Å²) in [5.41, 5.74) is 0.962. The molecule has 128 heavy (non-hydrogen) atoms. The van der Waals surface area contributed by atoms with Gasteiger partial charge in [0.15, 0.2) is 16.6 Å². The second-order valence-corrected chi connectivity index (χ2v) is 56.7. The van der Waals surface area contributed by atoms with Crippen molar-refractivity contribution in [2.24, 2.45) is 51.8 Å². The molecule has 6 fully saturated rings. The summed E-state index contributed by atoms with van der Waals surface area (Å²) in [6, 6.07) is 17.9. The number of esters is 2. The number of carbonyl (C=O) groups excluding carboxylic acids is 6. The fourth-order valence-electron chi connectivity index (χ4n) is 18.6. The maximum Gasteiger partial charge on any atom is 0.309 e. The van der Waals surface area contributed by atoms with Crippen molar-refractivity contribution in [3.63, 3.8) is 0 Å². The van der Waals surface area contributed by atoms with Gasteiger partial charge in [0, 0.05) is 42.4 Å². The third-order valence-electron chi connectivity index (χ3n) is 30.2. The number of hydrogen-bond acceptors (Lipinski definition) is 23. The molecule has 0 radical (unpaired) electrons. The van der Waals surface area contributed by atoms with Crippen molar-refractivity contribution in [1.29, 1.82) is 0 Å². The Morgan fingerprint density at radius 1 is 0.477 bits per heavy atom. The van der Waals surface area contributed by atoms with Crippen LogP contribution >= 0.6 is 34.0 Å². The summed E-state index contributed by atoms with van der Waals surface area (Å²) in [5.74, 6) is -3.68. The van der Waals surface area contributed by atoms with Crippen molar-refractivity contribution in [3.8, 4) is 0 Å². The van der Waals surface area contributed by atoms with E-state index in [-0.39, 0.29) is 118 Å². The number of fused-ring (bicyclic) bond motifs is 6. The molecule has 0 spiro atoms. The number of nitrogens with zero attached hydrogens (tertiary/aromatic N) is 3. The molecule has 6 saturated heterocycles. The van der Waals surface area contributed by atoms with Gasteiger partial charge in [0.1, 0.15) is 29.6 Å². The number of allylic oxidation sites excluding steroid dienone is 3. The maximum absolute atomic E-state index is 14.5. The lowest BCUT2D eigenvalue weighted by atomic mass is 9.71. The summed E-state index contributed by atoms with van der Waals surface area (Å²) >= 11 is 4.91. The molecular weight excluding hydrogens is 1710 g/mol. The van der Waals surface area contributed by atoms with E-state index >= 15 is 0 Å². The van der Waals surface area contributed by atoms with Gasteiger partial charge in [-0.2, -0.15) is 0 Å². The van der Waals surface area contributed by atoms with Gasteiger partial charge in [0.25, 0.3) is 0 Å². The van der Waals surface area contributed by atoms with Crippen LogP contribution in [0.25, 0.3) is 30.6 Å². The molecule has 21 nitrogen and oxygen atoms in total. The van der Waals surface area contributed by atoms with Crippen LogP contribution in [0.15, 0.2) is 92.6 Å². The number of aromatic nitrogens is 3. The number of cyclic esters (lactones) is 2. The van der Waals surface area contributed by atoms with Crippen molar-refractivity contribution >= 4 is 116 Å². The zero-order valence-corrected chi connectivity index (χ0v) is 85.8. The largest absolute Gasteiger partial charge is 0.457 e. The predicted molar refractivity (Wildman–Crippen MR) is 518 cm³/mol. The summed E-state index contributed by atoms with van der Waals surface area (Å²) in [5, 5.41) is 51.3. The first-order chi connectivity index (χ1) is 59.4. The molecule has 0 bridgehead atoms. The van der Waals surface area contributed by atoms with Gasteiger partial charge in [-0.25, -0.2) is 15.0 Å². The van der Waals surface area contributed by atoms with E-state index in [2.05, 4.69) is 149 Å². The number of aryl methyl sites for hydroxylation is 3. The van der Waals surface area contributed by atoms with Gasteiger partial charge < -0.3 is 58.3 Å². The Morgan fingerprint density at radius 3 is 1.20 bits per heavy atom. The average molecular weight is 1860 g/mol. The van der Waals surface area contributed by atoms with Gasteiger partial charge in [0.2, 0.25) is 5.91 Å². The lowest BCUT2D eigenvalue weighted by Crippen LogP contribution is -2.53. The van der Waals surface area contributed by atoms with Gasteiger partial charge in [-0.15, -0.1) is 53.7 Å². The molecule has 0 aliphatic carbocycles. The van der Waals surface area contributed by atoms with E-state index in [4.69, 9.17) is 37.5 Å². The Morgan fingerprint density at radius 2 is 0.812 bits per heavy atom. The summed E-state index contributed by atoms with van der Waals surface area (Å²) in [7, 11) is -4.66. The number of epoxide rings is 3. The number of amides is 1. The first-order valence-corrected chi connectivity index (χ1v) is 55.1. The smallest absolute Gasteiger partial charge is 0.309 e. The highest BCUT2D eigenvalue weighted by atomic mass is 32.1. The SMILES string of the molecule is C=CC[C@H]1C(=O)C(C)(C)[C@@H](O)CC(=O)O[C@H](c2ccc3sc(C)nc3c2)C[C@@H]2O[C@]2(C)CCC[C@H](C)[C@@H]1O.C=CC[C@H]1C(=O)C(C)(C)[C@@H](O)CC(=O)O[C@H](c2ccc3sc(C)nc3c2)C[C@@H]2O[C@]2(C)CCC[C@H](C)[C@@H]1O[Si](C)(C)C(C)(C)C.C=CC[C@H]1C(=O)C(C)(C)[C@@H](O[Si](C)(C)C(C)(C)C)CC(=O)N[C@H](c2ccc3sc(C)nc3c2)C[C@@H]2O[C@]2(C)CCC[C@H](C)[C@@H]1O. The van der Waals surface area contributed by atoms with Crippen molar-refractivity contribution < 1.29 is 81.7 Å². The van der Waals surface area contributed by atoms with E-state index in [1.807, 2.05) is 84.9 Å². The first-order valence-electron chi connectivity index (χ1n) is 46.8. The Labute approximate surface area is 776 Å². The maximum atomic E-state index is 14.5. The molecule has 6 aliphatic heterocycles. The number of carbonyl (C=O) groups is 6. The summed E-state index contributed by atoms with van der Waals surface area (Å²) in [6.07, 6.45) is 8.47. The molecule has 3 aromatic heterocycles. The van der Waals surface area contributed by atoms with Gasteiger partial charge in [-0.05, 0) is 206 Å². The van der Waals surface area contributed by atoms with E-state index in [1.165, 1.54) is 0 Å². The van der Waals surface area contributed by atoms with Crippen molar-refractivity contribution in [2.45, 2.75) is 387 Å². The fourth-order valence-corrected chi connectivity index (χ4v) is 23.9. The fraction of sp³-hybridized carbons (Fsp3) is 0.676. The van der Waals surface area contributed by atoms with Crippen LogP contribution in [-0.4, -0.2) is 159 Å². The Bertz CT molecular complexity index is 4940. The van der Waals surface area contributed by atoms with Gasteiger partial charge >= 0.3 is 11.9 Å². The quantitative estimate of drug-likeness (QED) is 0.0310. The Balaban J connectivity index is 0.000000201. The number of Topliss-reactive ketones (excluding diaryl/α,β-unsaturated/α-hetero) is 3. The zero-order valence-electron chi connectivity index (χ0n) is 81.3. The zero-order chi connectivity index (χ0) is 94.9. The summed E-state index contributed by atoms with van der Waals surface area (Å²) < 4.78 is 48.0. The van der Waals surface area contributed by atoms with Crippen molar-refractivity contribution in [2.75, 3.05) is 0 Å². The molecule has 26 heteroatoms. The van der Waals surface area contributed by atoms with Crippen LogP contribution in [0.1, 0.15) is 290 Å². The Hall–Kier alpha value is -5.96. The van der Waals surface area contributed by atoms with Crippen LogP contribution in [0, 0.1) is 72.5 Å². The normalized spacial score (nSPS) is 33.0. The molecule has 0 saturated carbocycles. The van der Waals surface area contributed by atoms with E-state index in [0.29, 0.717) is 38.5 Å². The highest BCUT2D eigenvalue weighted by Crippen LogP contribution is 2.53. The lowest BCUT2D eigenvalue weighted by Gasteiger charge is -2.45. The molecule has 6 aromatic rings. The highest BCUT2D eigenvalue weighted by Gasteiger charge is 2.58. The number of aliphatic hydroxyl groups is 4. The minimum atomic E-state index is -2.40. The van der Waals surface area contributed by atoms with Crippen LogP contribution in [0.5, 0.6) is 0 Å². The number of ether oxygens (including phenoxy) is 5. The molecule has 12 rings (SSSR count). The topological polar surface area (TPSA) is 309 Å². The van der Waals surface area contributed by atoms with E-state index in [1.54, 1.807) is 79.9 Å². The molecule has 9 heterocycles. The minimum Gasteiger partial charge on any atom is -0.457 e. The molecular formula is C102H152N4O17S3Si2. The van der Waals surface area contributed by atoms with Crippen LogP contribution in [-0.2, 0) is 61.3 Å². The Kier molecular flexibility index (Phi) is 33.4. The third-order valence-corrected chi connectivity index (χ3v) is 42.0. The number of aliphatic hydroxyl groups excluding tert-OH is 4. The van der Waals surface area contributed by atoms with E-state index in [9.17, 15) is 49.2 Å². The summed E-state index contributed by atoms with van der Waals surface area (Å²) in [6.45, 7) is 62.5. The summed E-state index contributed by atoms with van der Waals surface area (Å²) in [4.78, 5) is 97.1. The standard InChI is InChI=1S/C36H56N2O5SSi.C36H55NO6SSi.C30H41NO6S/c1-12-14-25-32(40)22(2)15-13-18-36(9)30(42-36)20-26(24-16-17-28-27(19-24)37-23(3)44-28)38-31(39)21-29(35(7,8)33(25)41)43-45(10,11)34(4,5)6;1-12-14-25-32(43-45(10,11)34(4,5)6)22(2)15-13-18-36(9)30(42-36)20-27(24-16-17-28-26(19-24)37-23(3)44-28)41-31(39)21-29(38)35(7,8)33(25)40;1-7-9-20-27(34)17(2)10-8-13-30(6)25(37-30)15-22(19-11-12-23-21(14-19)31-18(3)38-23)36-26(33)16-24(32)29(4,5)28(20)35/h12,16-17,19,22,25-26,29-30,32,40H,1,13-15,18,20-21H2,2-11H3,(H,38,39);12,16-17,19,22,25,27,29-30,32,38H,1,13-15,18,20-21H2,2-11H3;7,11-12,14,17,20,22,24-25,27,32,34H,1,8-10,13,15-16H2,2-6H3/t22-,25+,26-,29-,30-,32-,36+;22-,25+,27-,29-,30-,32-,36+;17-,20+,22-,24-,25-,27-,30+/m000/s1. The second kappa shape index (κ2) is 41.1. The van der Waals surface area contributed by atoms with E-state index < -0.39 is 105 Å². The molecule has 0 unspecified atom stereocenters. The lowest BCUT2D eigenvalue weighted by molar-refractivity contribution is -0.158. The molecule has 1 amide bonds. The number of thiazole rings is 3. The van der Waals surface area contributed by atoms with Gasteiger partial charge in [0.05, 0.1) is 154 Å². The van der Waals surface area contributed by atoms with Crippen molar-refractivity contribution in [3.05, 3.63) is 124 Å². The number of hydrogen-bond donors (Lipinski definition) is 5. The third kappa shape index (κ3) is 24.8. The average Bonchev–Trinajstić information content (AvgIpc) is 1.64. The number of ketones is 3. The van der Waals surface area contributed by atoms with Crippen molar-refractivity contribution in [1.82, 2.24) is 20.3 Å². The number of rotatable bonds is 13. The second-order valence-electron chi connectivity index (χ2n) is 43.5. The van der Waals surface area contributed by atoms with Crippen LogP contribution in [0.3, 0.4) is 0 Å². The highest BCUT2D eigenvalue weighted by molar-refractivity contribution is 7.19. The van der Waals surface area contributed by atoms with Crippen LogP contribution in [0.4, 0.5) is 0 Å². The molecule has 5 N–H and O–H groups in total. The first kappa shape index (κ1) is 104. The minimum absolute atomic E-state index is 0.00890. The molecule has 708 valence electrons. The number of nitrogens with one attached hydrogen (secondary N) is 1. The van der Waals surface area contributed by atoms with Gasteiger partial charge in [-0.1, -0.05) is 160 Å². The molecule has 3 aromatic carbocycles. The number of benzene rings is 3. The van der Waals surface area contributed by atoms with Crippen LogP contribution < -0.4 is 5.32 Å². The molecule has 6 aliphatic rings. The van der Waals surface area contributed by atoms with E-state index in [0.717, 1.165) is 120 Å². The molecule has 21 atom stereocenters. The van der Waals surface area contributed by atoms with Crippen LogP contribution in [0.2, 0.25) is 36.3 Å². The monoisotopic (exact) mass is 1860 g/mol. The van der Waals surface area contributed by atoms with Gasteiger partial charge in [-0.3, -0.25) is 28.8 Å².